The van der Waals surface area contributed by atoms with Crippen molar-refractivity contribution < 1.29 is 9.53 Å². The Labute approximate surface area is 121 Å². The maximum absolute atomic E-state index is 12.0. The number of benzene rings is 1. The first-order valence-electron chi connectivity index (χ1n) is 7.41. The molecule has 20 heavy (non-hydrogen) atoms. The van der Waals surface area contributed by atoms with Crippen molar-refractivity contribution in [1.29, 1.82) is 0 Å². The molecule has 1 N–H and O–H groups in total. The van der Waals surface area contributed by atoms with Gasteiger partial charge in [0.15, 0.2) is 0 Å². The third kappa shape index (κ3) is 4.62. The summed E-state index contributed by atoms with van der Waals surface area (Å²) in [6.45, 7) is 7.59. The van der Waals surface area contributed by atoms with Gasteiger partial charge in [-0.2, -0.15) is 0 Å². The maximum atomic E-state index is 12.0. The van der Waals surface area contributed by atoms with Crippen LogP contribution >= 0.6 is 0 Å². The van der Waals surface area contributed by atoms with Crippen molar-refractivity contribution in [3.05, 3.63) is 35.4 Å². The second kappa shape index (κ2) is 8.02. The van der Waals surface area contributed by atoms with Crippen LogP contribution in [0.2, 0.25) is 0 Å². The number of morpholine rings is 1. The Morgan fingerprint density at radius 2 is 2.00 bits per heavy atom. The summed E-state index contributed by atoms with van der Waals surface area (Å²) < 4.78 is 5.32. The van der Waals surface area contributed by atoms with E-state index >= 15 is 0 Å². The summed E-state index contributed by atoms with van der Waals surface area (Å²) in [5.41, 5.74) is 1.80. The van der Waals surface area contributed by atoms with Crippen LogP contribution in [-0.4, -0.2) is 50.2 Å². The second-order valence-corrected chi connectivity index (χ2v) is 5.23. The van der Waals surface area contributed by atoms with Crippen LogP contribution in [0, 0.1) is 6.92 Å². The largest absolute Gasteiger partial charge is 0.379 e. The van der Waals surface area contributed by atoms with Crippen LogP contribution in [0.3, 0.4) is 0 Å². The number of amides is 1. The highest BCUT2D eigenvalue weighted by atomic mass is 16.5. The van der Waals surface area contributed by atoms with E-state index in [9.17, 15) is 4.79 Å². The number of nitrogens with one attached hydrogen (secondary N) is 1. The van der Waals surface area contributed by atoms with Gasteiger partial charge in [0.2, 0.25) is 0 Å². The molecule has 1 fully saturated rings. The van der Waals surface area contributed by atoms with E-state index in [2.05, 4.69) is 10.2 Å². The molecule has 1 aliphatic heterocycles. The van der Waals surface area contributed by atoms with Crippen LogP contribution in [0.25, 0.3) is 0 Å². The highest BCUT2D eigenvalue weighted by Crippen LogP contribution is 2.06. The van der Waals surface area contributed by atoms with E-state index in [4.69, 9.17) is 4.74 Å². The molecular weight excluding hydrogens is 252 g/mol. The van der Waals surface area contributed by atoms with Crippen molar-refractivity contribution in [1.82, 2.24) is 10.2 Å². The molecule has 4 heteroatoms. The molecule has 2 rings (SSSR count). The Hall–Kier alpha value is -1.39. The van der Waals surface area contributed by atoms with Gasteiger partial charge in [-0.25, -0.2) is 0 Å². The molecular formula is C16H24N2O2. The number of rotatable bonds is 6. The average Bonchev–Trinajstić information content (AvgIpc) is 2.48. The van der Waals surface area contributed by atoms with Gasteiger partial charge in [0.05, 0.1) is 13.2 Å². The zero-order valence-electron chi connectivity index (χ0n) is 12.2. The molecule has 1 aliphatic rings. The van der Waals surface area contributed by atoms with Crippen LogP contribution < -0.4 is 5.32 Å². The Balaban J connectivity index is 1.61. The lowest BCUT2D eigenvalue weighted by Gasteiger charge is -2.26. The fourth-order valence-electron chi connectivity index (χ4n) is 2.41. The second-order valence-electron chi connectivity index (χ2n) is 5.23. The van der Waals surface area contributed by atoms with Crippen LogP contribution in [0.1, 0.15) is 28.8 Å². The summed E-state index contributed by atoms with van der Waals surface area (Å²) in [7, 11) is 0. The number of carbonyl (C=O) groups excluding carboxylic acids is 1. The van der Waals surface area contributed by atoms with Crippen LogP contribution in [0.4, 0.5) is 0 Å². The topological polar surface area (TPSA) is 41.6 Å². The van der Waals surface area contributed by atoms with Crippen molar-refractivity contribution in [2.75, 3.05) is 39.4 Å². The Morgan fingerprint density at radius 3 is 2.75 bits per heavy atom. The predicted molar refractivity (Wildman–Crippen MR) is 80.0 cm³/mol. The van der Waals surface area contributed by atoms with Gasteiger partial charge in [-0.1, -0.05) is 18.2 Å². The molecule has 110 valence electrons. The first kappa shape index (κ1) is 15.0. The van der Waals surface area contributed by atoms with Gasteiger partial charge in [-0.15, -0.1) is 0 Å². The Kier molecular flexibility index (Phi) is 6.02. The van der Waals surface area contributed by atoms with E-state index in [1.54, 1.807) is 0 Å². The number of aryl methyl sites for hydroxylation is 1. The quantitative estimate of drug-likeness (QED) is 0.806. The Morgan fingerprint density at radius 1 is 1.25 bits per heavy atom. The molecule has 0 aliphatic carbocycles. The maximum Gasteiger partial charge on any atom is 0.251 e. The zero-order valence-corrected chi connectivity index (χ0v) is 12.2. The van der Waals surface area contributed by atoms with Gasteiger partial charge in [-0.3, -0.25) is 9.69 Å². The van der Waals surface area contributed by atoms with Gasteiger partial charge in [0.25, 0.3) is 5.91 Å². The molecule has 1 saturated heterocycles. The third-order valence-corrected chi connectivity index (χ3v) is 3.68. The summed E-state index contributed by atoms with van der Waals surface area (Å²) in [6, 6.07) is 7.69. The van der Waals surface area contributed by atoms with E-state index in [-0.39, 0.29) is 5.91 Å². The molecule has 0 spiro atoms. The van der Waals surface area contributed by atoms with E-state index in [0.29, 0.717) is 0 Å². The fraction of sp³-hybridized carbons (Fsp3) is 0.562. The lowest BCUT2D eigenvalue weighted by molar-refractivity contribution is 0.0372. The van der Waals surface area contributed by atoms with Crippen molar-refractivity contribution in [3.63, 3.8) is 0 Å². The van der Waals surface area contributed by atoms with Crippen molar-refractivity contribution in [2.45, 2.75) is 19.8 Å². The van der Waals surface area contributed by atoms with Crippen molar-refractivity contribution in [3.8, 4) is 0 Å². The van der Waals surface area contributed by atoms with E-state index < -0.39 is 0 Å². The summed E-state index contributed by atoms with van der Waals surface area (Å²) >= 11 is 0. The number of hydrogen-bond acceptors (Lipinski definition) is 3. The van der Waals surface area contributed by atoms with E-state index in [1.807, 2.05) is 31.2 Å². The monoisotopic (exact) mass is 276 g/mol. The summed E-state index contributed by atoms with van der Waals surface area (Å²) in [4.78, 5) is 14.4. The van der Waals surface area contributed by atoms with Crippen molar-refractivity contribution in [2.24, 2.45) is 0 Å². The summed E-state index contributed by atoms with van der Waals surface area (Å²) in [5, 5.41) is 3.00. The molecule has 0 aromatic heterocycles. The normalized spacial score (nSPS) is 16.1. The molecule has 0 unspecified atom stereocenters. The van der Waals surface area contributed by atoms with Gasteiger partial charge < -0.3 is 10.1 Å². The zero-order chi connectivity index (χ0) is 14.2. The lowest BCUT2D eigenvalue weighted by Crippen LogP contribution is -2.37. The van der Waals surface area contributed by atoms with Crippen LogP contribution in [0.15, 0.2) is 24.3 Å². The number of hydrogen-bond donors (Lipinski definition) is 1. The van der Waals surface area contributed by atoms with Gasteiger partial charge in [0, 0.05) is 25.2 Å². The Bertz CT molecular complexity index is 428. The molecule has 1 aromatic carbocycles. The first-order valence-corrected chi connectivity index (χ1v) is 7.41. The number of unbranched alkanes of at least 4 members (excludes halogenated alkanes) is 1. The SMILES string of the molecule is Cc1ccccc1C(=O)NCCCCN1CCOCC1. The van der Waals surface area contributed by atoms with E-state index in [1.165, 1.54) is 0 Å². The van der Waals surface area contributed by atoms with Crippen LogP contribution in [-0.2, 0) is 4.74 Å². The molecule has 0 saturated carbocycles. The summed E-state index contributed by atoms with van der Waals surface area (Å²) in [5.74, 6) is 0.0365. The minimum absolute atomic E-state index is 0.0365. The van der Waals surface area contributed by atoms with Gasteiger partial charge >= 0.3 is 0 Å². The molecule has 0 bridgehead atoms. The molecule has 4 nitrogen and oxygen atoms in total. The molecule has 1 aromatic rings. The molecule has 0 radical (unpaired) electrons. The third-order valence-electron chi connectivity index (χ3n) is 3.68. The molecule has 1 heterocycles. The van der Waals surface area contributed by atoms with E-state index in [0.717, 1.165) is 63.4 Å². The smallest absolute Gasteiger partial charge is 0.251 e. The predicted octanol–water partition coefficient (Wildman–Crippen LogP) is 1.84. The van der Waals surface area contributed by atoms with Gasteiger partial charge in [0.1, 0.15) is 0 Å². The highest BCUT2D eigenvalue weighted by Gasteiger charge is 2.10. The fourth-order valence-corrected chi connectivity index (χ4v) is 2.41. The average molecular weight is 276 g/mol. The van der Waals surface area contributed by atoms with Gasteiger partial charge in [-0.05, 0) is 37.9 Å². The standard InChI is InChI=1S/C16H24N2O2/c1-14-6-2-3-7-15(14)16(19)17-8-4-5-9-18-10-12-20-13-11-18/h2-3,6-7H,4-5,8-13H2,1H3,(H,17,19). The van der Waals surface area contributed by atoms with Crippen LogP contribution in [0.5, 0.6) is 0 Å². The highest BCUT2D eigenvalue weighted by molar-refractivity contribution is 5.95. The minimum atomic E-state index is 0.0365. The minimum Gasteiger partial charge on any atom is -0.379 e. The lowest BCUT2D eigenvalue weighted by atomic mass is 10.1. The molecule has 0 atom stereocenters. The summed E-state index contributed by atoms with van der Waals surface area (Å²) in [6.07, 6.45) is 2.14. The number of ether oxygens (including phenoxy) is 1. The molecule has 1 amide bonds. The number of nitrogens with zero attached hydrogens (tertiary/aromatic N) is 1. The van der Waals surface area contributed by atoms with Crippen molar-refractivity contribution >= 4 is 5.91 Å². The number of carbonyl (C=O) groups is 1. The first-order chi connectivity index (χ1) is 9.77.